The lowest BCUT2D eigenvalue weighted by Crippen LogP contribution is -2.41. The molecule has 0 bridgehead atoms. The average molecular weight is 330 g/mol. The van der Waals surface area contributed by atoms with Crippen LogP contribution < -0.4 is 10.2 Å². The Morgan fingerprint density at radius 3 is 2.43 bits per heavy atom. The van der Waals surface area contributed by atoms with Crippen LogP contribution in [0.1, 0.15) is 25.1 Å². The van der Waals surface area contributed by atoms with Gasteiger partial charge in [0.2, 0.25) is 6.29 Å². The minimum atomic E-state index is -4.64. The summed E-state index contributed by atoms with van der Waals surface area (Å²) in [6.07, 6.45) is 0.0991. The summed E-state index contributed by atoms with van der Waals surface area (Å²) in [4.78, 5) is 19.8. The Labute approximate surface area is 133 Å². The minimum Gasteiger partial charge on any atom is -0.356 e. The first kappa shape index (κ1) is 17.7. The van der Waals surface area contributed by atoms with E-state index in [2.05, 4.69) is 20.2 Å². The number of aldehydes is 1. The number of piperidine rings is 1. The number of carbonyl (C=O) groups excluding carboxylic acids is 1. The predicted octanol–water partition coefficient (Wildman–Crippen LogP) is 2.11. The number of nitrogens with one attached hydrogen (secondary N) is 1. The molecule has 1 spiro atoms. The van der Waals surface area contributed by atoms with E-state index in [4.69, 9.17) is 4.79 Å². The first-order valence-electron chi connectivity index (χ1n) is 7.62. The first-order chi connectivity index (χ1) is 10.8. The zero-order valence-corrected chi connectivity index (χ0v) is 13.1. The molecule has 0 amide bonds. The number of hydrogen-bond acceptors (Lipinski definition) is 5. The maximum Gasteiger partial charge on any atom is 0.446 e. The normalized spacial score (nSPS) is 20.1. The van der Waals surface area contributed by atoms with Gasteiger partial charge in [-0.05, 0) is 44.2 Å². The number of aryl methyl sites for hydroxylation is 1. The molecule has 23 heavy (non-hydrogen) atoms. The van der Waals surface area contributed by atoms with Crippen molar-refractivity contribution in [2.24, 2.45) is 5.41 Å². The maximum atomic E-state index is 10.4. The van der Waals surface area contributed by atoms with Gasteiger partial charge in [0.25, 0.3) is 0 Å². The fraction of sp³-hybridized carbons (Fsp3) is 0.667. The van der Waals surface area contributed by atoms with Gasteiger partial charge >= 0.3 is 6.18 Å². The fourth-order valence-corrected chi connectivity index (χ4v) is 3.05. The third-order valence-electron chi connectivity index (χ3n) is 4.38. The van der Waals surface area contributed by atoms with E-state index in [1.165, 1.54) is 32.4 Å². The summed E-state index contributed by atoms with van der Waals surface area (Å²) in [7, 11) is 0. The van der Waals surface area contributed by atoms with Crippen molar-refractivity contribution < 1.29 is 18.0 Å². The van der Waals surface area contributed by atoms with Crippen molar-refractivity contribution in [3.05, 3.63) is 18.1 Å². The largest absolute Gasteiger partial charge is 0.446 e. The molecule has 0 saturated carbocycles. The Bertz CT molecular complexity index is 520. The molecule has 2 aliphatic heterocycles. The standard InChI is InChI=1S/C13H20N4.C2HF3O/c1-11-15-6-2-12(16-11)17-8-4-13(5-9-17)3-7-14-10-13;3-2(4,5)1-6/h2,6,14H,3-5,7-10H2,1H3;1H. The lowest BCUT2D eigenvalue weighted by molar-refractivity contribution is -0.156. The van der Waals surface area contributed by atoms with Crippen LogP contribution in [-0.2, 0) is 4.79 Å². The van der Waals surface area contributed by atoms with E-state index in [1.807, 2.05) is 19.2 Å². The van der Waals surface area contributed by atoms with Crippen molar-refractivity contribution in [2.75, 3.05) is 31.1 Å². The van der Waals surface area contributed by atoms with Crippen LogP contribution in [0.3, 0.4) is 0 Å². The molecule has 0 atom stereocenters. The van der Waals surface area contributed by atoms with E-state index in [0.29, 0.717) is 5.41 Å². The molecule has 1 aromatic rings. The van der Waals surface area contributed by atoms with Crippen molar-refractivity contribution in [3.8, 4) is 0 Å². The molecule has 2 aliphatic rings. The Balaban J connectivity index is 0.000000277. The highest BCUT2D eigenvalue weighted by atomic mass is 19.4. The van der Waals surface area contributed by atoms with Gasteiger partial charge < -0.3 is 10.2 Å². The summed E-state index contributed by atoms with van der Waals surface area (Å²) >= 11 is 0. The maximum absolute atomic E-state index is 10.4. The van der Waals surface area contributed by atoms with Gasteiger partial charge in [-0.2, -0.15) is 13.2 Å². The van der Waals surface area contributed by atoms with Crippen LogP contribution in [0.25, 0.3) is 0 Å². The van der Waals surface area contributed by atoms with E-state index >= 15 is 0 Å². The van der Waals surface area contributed by atoms with Crippen LogP contribution >= 0.6 is 0 Å². The third kappa shape index (κ3) is 5.16. The van der Waals surface area contributed by atoms with E-state index in [-0.39, 0.29) is 0 Å². The van der Waals surface area contributed by atoms with Crippen LogP contribution in [0.5, 0.6) is 0 Å². The Morgan fingerprint density at radius 2 is 1.96 bits per heavy atom. The fourth-order valence-electron chi connectivity index (χ4n) is 3.05. The quantitative estimate of drug-likeness (QED) is 0.799. The van der Waals surface area contributed by atoms with Gasteiger partial charge in [0.15, 0.2) is 0 Å². The van der Waals surface area contributed by atoms with Crippen molar-refractivity contribution in [1.29, 1.82) is 0 Å². The second-order valence-electron chi connectivity index (χ2n) is 6.04. The molecule has 3 rings (SSSR count). The summed E-state index contributed by atoms with van der Waals surface area (Å²) in [5.41, 5.74) is 0.582. The molecule has 0 radical (unpaired) electrons. The number of halogens is 3. The molecule has 128 valence electrons. The second kappa shape index (κ2) is 7.25. The summed E-state index contributed by atoms with van der Waals surface area (Å²) in [6.45, 7) is 6.64. The number of rotatable bonds is 1. The molecule has 2 fully saturated rings. The summed E-state index contributed by atoms with van der Waals surface area (Å²) in [6, 6.07) is 2.03. The van der Waals surface area contributed by atoms with Gasteiger partial charge in [-0.3, -0.25) is 4.79 Å². The van der Waals surface area contributed by atoms with Gasteiger partial charge in [-0.15, -0.1) is 0 Å². The molecular weight excluding hydrogens is 309 g/mol. The van der Waals surface area contributed by atoms with Gasteiger partial charge in [0.05, 0.1) is 0 Å². The van der Waals surface area contributed by atoms with Crippen LogP contribution in [0.15, 0.2) is 12.3 Å². The van der Waals surface area contributed by atoms with Crippen molar-refractivity contribution >= 4 is 12.1 Å². The SMILES string of the molecule is Cc1nccc(N2CCC3(CCNC3)CC2)n1.O=CC(F)(F)F. The van der Waals surface area contributed by atoms with Crippen molar-refractivity contribution in [2.45, 2.75) is 32.4 Å². The van der Waals surface area contributed by atoms with Gasteiger partial charge in [-0.1, -0.05) is 0 Å². The first-order valence-corrected chi connectivity index (χ1v) is 7.62. The highest BCUT2D eigenvalue weighted by Gasteiger charge is 2.37. The molecule has 1 N–H and O–H groups in total. The Morgan fingerprint density at radius 1 is 1.30 bits per heavy atom. The van der Waals surface area contributed by atoms with Crippen LogP contribution in [0, 0.1) is 12.3 Å². The van der Waals surface area contributed by atoms with Gasteiger partial charge in [-0.25, -0.2) is 9.97 Å². The topological polar surface area (TPSA) is 58.1 Å². The summed E-state index contributed by atoms with van der Waals surface area (Å²) in [5.74, 6) is 1.96. The predicted molar refractivity (Wildman–Crippen MR) is 80.3 cm³/mol. The zero-order valence-electron chi connectivity index (χ0n) is 13.1. The van der Waals surface area contributed by atoms with Crippen molar-refractivity contribution in [1.82, 2.24) is 15.3 Å². The number of alkyl halides is 3. The molecule has 0 aromatic carbocycles. The minimum absolute atomic E-state index is 0.582. The molecule has 8 heteroatoms. The van der Waals surface area contributed by atoms with Crippen LogP contribution in [0.4, 0.5) is 19.0 Å². The molecular formula is C15H21F3N4O. The van der Waals surface area contributed by atoms with Gasteiger partial charge in [0.1, 0.15) is 11.6 Å². The third-order valence-corrected chi connectivity index (χ3v) is 4.38. The second-order valence-corrected chi connectivity index (χ2v) is 6.04. The highest BCUT2D eigenvalue weighted by molar-refractivity contribution is 5.56. The number of hydrogen-bond donors (Lipinski definition) is 1. The number of carbonyl (C=O) groups is 1. The monoisotopic (exact) mass is 330 g/mol. The molecule has 2 saturated heterocycles. The van der Waals surface area contributed by atoms with E-state index in [9.17, 15) is 13.2 Å². The Hall–Kier alpha value is -1.70. The Kier molecular flexibility index (Phi) is 5.56. The zero-order chi connectivity index (χ0) is 16.9. The lowest BCUT2D eigenvalue weighted by Gasteiger charge is -2.39. The number of nitrogens with zero attached hydrogens (tertiary/aromatic N) is 3. The number of anilines is 1. The molecule has 5 nitrogen and oxygen atoms in total. The van der Waals surface area contributed by atoms with E-state index < -0.39 is 12.5 Å². The lowest BCUT2D eigenvalue weighted by atomic mass is 9.78. The van der Waals surface area contributed by atoms with Crippen LogP contribution in [0.2, 0.25) is 0 Å². The molecule has 1 aromatic heterocycles. The highest BCUT2D eigenvalue weighted by Crippen LogP contribution is 2.37. The van der Waals surface area contributed by atoms with Gasteiger partial charge in [0, 0.05) is 25.8 Å². The summed E-state index contributed by atoms with van der Waals surface area (Å²) < 4.78 is 31.2. The number of aromatic nitrogens is 2. The molecule has 0 unspecified atom stereocenters. The van der Waals surface area contributed by atoms with Crippen molar-refractivity contribution in [3.63, 3.8) is 0 Å². The van der Waals surface area contributed by atoms with Crippen LogP contribution in [-0.4, -0.2) is 48.6 Å². The average Bonchev–Trinajstić information content (AvgIpc) is 2.96. The smallest absolute Gasteiger partial charge is 0.356 e. The van der Waals surface area contributed by atoms with E-state index in [1.54, 1.807) is 0 Å². The molecule has 3 heterocycles. The van der Waals surface area contributed by atoms with E-state index in [0.717, 1.165) is 24.7 Å². The molecule has 0 aliphatic carbocycles. The summed E-state index contributed by atoms with van der Waals surface area (Å²) in [5, 5.41) is 3.50.